The van der Waals surface area contributed by atoms with E-state index < -0.39 is 5.97 Å². The van der Waals surface area contributed by atoms with Crippen LogP contribution in [0.1, 0.15) is 54.2 Å². The standard InChI is InChI=1S/C21H28N4O3/c1-3-16-13-22-21(23-14-16)25-10-8-17(9-11-25)5-4-12-28-19-7-6-18(20(26)27)15(2)24-19/h6-7,13-14,17H,3-5,8-12H2,1-2H3,(H,26,27). The van der Waals surface area contributed by atoms with Gasteiger partial charge in [0.05, 0.1) is 17.9 Å². The fraction of sp³-hybridized carbons (Fsp3) is 0.524. The number of aryl methyl sites for hydroxylation is 2. The number of carboxylic acids is 1. The Morgan fingerprint density at radius 3 is 2.57 bits per heavy atom. The Morgan fingerprint density at radius 2 is 1.96 bits per heavy atom. The molecule has 0 aromatic carbocycles. The summed E-state index contributed by atoms with van der Waals surface area (Å²) >= 11 is 0. The molecule has 28 heavy (non-hydrogen) atoms. The lowest BCUT2D eigenvalue weighted by Crippen LogP contribution is -2.35. The number of hydrogen-bond acceptors (Lipinski definition) is 6. The highest BCUT2D eigenvalue weighted by Crippen LogP contribution is 2.24. The number of carboxylic acid groups (broad SMARTS) is 1. The van der Waals surface area contributed by atoms with Crippen molar-refractivity contribution in [3.05, 3.63) is 41.3 Å². The van der Waals surface area contributed by atoms with E-state index in [9.17, 15) is 4.79 Å². The molecule has 0 spiro atoms. The quantitative estimate of drug-likeness (QED) is 0.697. The van der Waals surface area contributed by atoms with Crippen LogP contribution in [0.4, 0.5) is 5.95 Å². The van der Waals surface area contributed by atoms with Gasteiger partial charge in [0.1, 0.15) is 0 Å². The van der Waals surface area contributed by atoms with E-state index in [1.165, 1.54) is 5.56 Å². The first-order valence-corrected chi connectivity index (χ1v) is 9.96. The zero-order valence-corrected chi connectivity index (χ0v) is 16.6. The van der Waals surface area contributed by atoms with Gasteiger partial charge in [-0.2, -0.15) is 0 Å². The lowest BCUT2D eigenvalue weighted by molar-refractivity contribution is 0.0695. The first kappa shape index (κ1) is 20.0. The van der Waals surface area contributed by atoms with Crippen molar-refractivity contribution in [3.8, 4) is 5.88 Å². The Bertz CT molecular complexity index is 787. The maximum absolute atomic E-state index is 11.0. The number of nitrogens with zero attached hydrogens (tertiary/aromatic N) is 4. The van der Waals surface area contributed by atoms with Gasteiger partial charge in [0.25, 0.3) is 0 Å². The predicted octanol–water partition coefficient (Wildman–Crippen LogP) is 3.52. The lowest BCUT2D eigenvalue weighted by Gasteiger charge is -2.32. The number of piperidine rings is 1. The minimum atomic E-state index is -0.963. The highest BCUT2D eigenvalue weighted by Gasteiger charge is 2.20. The summed E-state index contributed by atoms with van der Waals surface area (Å²) in [6.07, 6.45) is 9.18. The zero-order valence-electron chi connectivity index (χ0n) is 16.6. The zero-order chi connectivity index (χ0) is 19.9. The van der Waals surface area contributed by atoms with Gasteiger partial charge in [0.2, 0.25) is 11.8 Å². The number of hydrogen-bond donors (Lipinski definition) is 1. The van der Waals surface area contributed by atoms with E-state index in [1.54, 1.807) is 19.1 Å². The molecular formula is C21H28N4O3. The Balaban J connectivity index is 1.37. The second-order valence-electron chi connectivity index (χ2n) is 7.25. The van der Waals surface area contributed by atoms with Gasteiger partial charge < -0.3 is 14.7 Å². The fourth-order valence-electron chi connectivity index (χ4n) is 3.51. The van der Waals surface area contributed by atoms with E-state index in [0.29, 0.717) is 24.1 Å². The number of aromatic nitrogens is 3. The number of carbonyl (C=O) groups is 1. The number of aromatic carboxylic acids is 1. The molecule has 0 aliphatic carbocycles. The van der Waals surface area contributed by atoms with E-state index in [2.05, 4.69) is 26.8 Å². The number of pyridine rings is 1. The smallest absolute Gasteiger partial charge is 0.337 e. The Labute approximate surface area is 165 Å². The third-order valence-electron chi connectivity index (χ3n) is 5.29. The topological polar surface area (TPSA) is 88.4 Å². The average molecular weight is 384 g/mol. The summed E-state index contributed by atoms with van der Waals surface area (Å²) in [4.78, 5) is 26.5. The van der Waals surface area contributed by atoms with Crippen LogP contribution < -0.4 is 9.64 Å². The van der Waals surface area contributed by atoms with Gasteiger partial charge >= 0.3 is 5.97 Å². The molecule has 0 atom stereocenters. The van der Waals surface area contributed by atoms with Gasteiger partial charge in [-0.05, 0) is 56.6 Å². The largest absolute Gasteiger partial charge is 0.478 e. The molecule has 2 aromatic rings. The summed E-state index contributed by atoms with van der Waals surface area (Å²) in [5, 5.41) is 9.04. The van der Waals surface area contributed by atoms with E-state index >= 15 is 0 Å². The molecule has 2 aromatic heterocycles. The highest BCUT2D eigenvalue weighted by molar-refractivity contribution is 5.88. The third kappa shape index (κ3) is 5.18. The van der Waals surface area contributed by atoms with E-state index in [4.69, 9.17) is 9.84 Å². The van der Waals surface area contributed by atoms with Gasteiger partial charge in [0, 0.05) is 31.5 Å². The molecule has 3 rings (SSSR count). The van der Waals surface area contributed by atoms with Crippen LogP contribution in [0.25, 0.3) is 0 Å². The Kier molecular flexibility index (Phi) is 6.79. The number of rotatable bonds is 8. The van der Waals surface area contributed by atoms with Gasteiger partial charge in [-0.1, -0.05) is 6.92 Å². The lowest BCUT2D eigenvalue weighted by atomic mass is 9.92. The summed E-state index contributed by atoms with van der Waals surface area (Å²) in [5.41, 5.74) is 1.86. The molecule has 1 saturated heterocycles. The molecule has 0 saturated carbocycles. The molecule has 1 fully saturated rings. The van der Waals surface area contributed by atoms with Crippen LogP contribution in [0.2, 0.25) is 0 Å². The van der Waals surface area contributed by atoms with Gasteiger partial charge in [-0.25, -0.2) is 19.7 Å². The second kappa shape index (κ2) is 9.48. The molecule has 150 valence electrons. The molecule has 0 unspecified atom stereocenters. The summed E-state index contributed by atoms with van der Waals surface area (Å²) in [6, 6.07) is 3.17. The van der Waals surface area contributed by atoms with Crippen molar-refractivity contribution in [2.24, 2.45) is 5.92 Å². The summed E-state index contributed by atoms with van der Waals surface area (Å²) in [5.74, 6) is 1.06. The minimum Gasteiger partial charge on any atom is -0.478 e. The summed E-state index contributed by atoms with van der Waals surface area (Å²) in [7, 11) is 0. The maximum atomic E-state index is 11.0. The Morgan fingerprint density at radius 1 is 1.25 bits per heavy atom. The van der Waals surface area contributed by atoms with Crippen molar-refractivity contribution in [3.63, 3.8) is 0 Å². The number of anilines is 1. The van der Waals surface area contributed by atoms with Crippen molar-refractivity contribution in [2.75, 3.05) is 24.6 Å². The van der Waals surface area contributed by atoms with Crippen molar-refractivity contribution in [1.29, 1.82) is 0 Å². The van der Waals surface area contributed by atoms with Gasteiger partial charge in [-0.3, -0.25) is 0 Å². The first-order chi connectivity index (χ1) is 13.6. The fourth-order valence-corrected chi connectivity index (χ4v) is 3.51. The molecule has 0 radical (unpaired) electrons. The van der Waals surface area contributed by atoms with Crippen LogP contribution in [0.15, 0.2) is 24.5 Å². The van der Waals surface area contributed by atoms with E-state index in [0.717, 1.165) is 51.1 Å². The third-order valence-corrected chi connectivity index (χ3v) is 5.29. The van der Waals surface area contributed by atoms with Crippen LogP contribution in [0.5, 0.6) is 5.88 Å². The predicted molar refractivity (Wildman–Crippen MR) is 107 cm³/mol. The molecular weight excluding hydrogens is 356 g/mol. The molecule has 0 bridgehead atoms. The van der Waals surface area contributed by atoms with Crippen molar-refractivity contribution >= 4 is 11.9 Å². The minimum absolute atomic E-state index is 0.215. The number of ether oxygens (including phenoxy) is 1. The van der Waals surface area contributed by atoms with Crippen molar-refractivity contribution in [2.45, 2.75) is 46.0 Å². The second-order valence-corrected chi connectivity index (χ2v) is 7.25. The maximum Gasteiger partial charge on any atom is 0.337 e. The first-order valence-electron chi connectivity index (χ1n) is 9.96. The van der Waals surface area contributed by atoms with Crippen molar-refractivity contribution < 1.29 is 14.6 Å². The molecule has 1 aliphatic rings. The van der Waals surface area contributed by atoms with Crippen LogP contribution in [-0.4, -0.2) is 45.7 Å². The molecule has 1 aliphatic heterocycles. The summed E-state index contributed by atoms with van der Waals surface area (Å²) < 4.78 is 5.69. The summed E-state index contributed by atoms with van der Waals surface area (Å²) in [6.45, 7) is 6.38. The van der Waals surface area contributed by atoms with Gasteiger partial charge in [-0.15, -0.1) is 0 Å². The molecule has 0 amide bonds. The molecule has 7 heteroatoms. The van der Waals surface area contributed by atoms with Gasteiger partial charge in [0.15, 0.2) is 0 Å². The molecule has 7 nitrogen and oxygen atoms in total. The normalized spacial score (nSPS) is 14.9. The van der Waals surface area contributed by atoms with E-state index in [-0.39, 0.29) is 5.56 Å². The monoisotopic (exact) mass is 384 g/mol. The van der Waals surface area contributed by atoms with Crippen LogP contribution in [-0.2, 0) is 6.42 Å². The Hall–Kier alpha value is -2.70. The van der Waals surface area contributed by atoms with Crippen LogP contribution in [0.3, 0.4) is 0 Å². The molecule has 1 N–H and O–H groups in total. The SMILES string of the molecule is CCc1cnc(N2CCC(CCCOc3ccc(C(=O)O)c(C)n3)CC2)nc1. The van der Waals surface area contributed by atoms with Crippen LogP contribution in [0, 0.1) is 12.8 Å². The highest BCUT2D eigenvalue weighted by atomic mass is 16.5. The van der Waals surface area contributed by atoms with E-state index in [1.807, 2.05) is 12.4 Å². The molecule has 3 heterocycles. The average Bonchev–Trinajstić information content (AvgIpc) is 2.71. The van der Waals surface area contributed by atoms with Crippen LogP contribution >= 0.6 is 0 Å². The van der Waals surface area contributed by atoms with Crippen molar-refractivity contribution in [1.82, 2.24) is 15.0 Å².